The molecule has 2 aliphatic heterocycles. The largest absolute Gasteiger partial charge is 0.502 e. The predicted molar refractivity (Wildman–Crippen MR) is 138 cm³/mol. The zero-order valence-corrected chi connectivity index (χ0v) is 23.3. The third-order valence-corrected chi connectivity index (χ3v) is 10.8. The van der Waals surface area contributed by atoms with Crippen LogP contribution in [0.2, 0.25) is 0 Å². The fraction of sp³-hybridized carbons (Fsp3) is 0.522. The predicted octanol–water partition coefficient (Wildman–Crippen LogP) is 3.06. The van der Waals surface area contributed by atoms with Crippen molar-refractivity contribution < 1.29 is 22.6 Å². The SMILES string of the molecule is Cc1ncc(CN2C(=O)C3C=C(S(=O)(=O)NC4(C)CC4)SC3=[N+](Cc3cc(C(C)C)nn3C)C2=O)s1. The van der Waals surface area contributed by atoms with Crippen LogP contribution in [0.3, 0.4) is 0 Å². The summed E-state index contributed by atoms with van der Waals surface area (Å²) in [5.41, 5.74) is 1.24. The molecule has 2 aromatic heterocycles. The van der Waals surface area contributed by atoms with E-state index in [-0.39, 0.29) is 23.2 Å². The van der Waals surface area contributed by atoms with Crippen LogP contribution < -0.4 is 4.72 Å². The van der Waals surface area contributed by atoms with Crippen LogP contribution in [0.25, 0.3) is 0 Å². The topological polar surface area (TPSA) is 117 Å². The van der Waals surface area contributed by atoms with E-state index in [0.29, 0.717) is 5.04 Å². The highest BCUT2D eigenvalue weighted by Gasteiger charge is 2.53. The van der Waals surface area contributed by atoms with Crippen LogP contribution in [-0.4, -0.2) is 55.2 Å². The first-order valence-corrected chi connectivity index (χ1v) is 14.9. The first-order chi connectivity index (χ1) is 16.9. The first kappa shape index (κ1) is 25.3. The summed E-state index contributed by atoms with van der Waals surface area (Å²) in [5.74, 6) is -1.07. The first-order valence-electron chi connectivity index (χ1n) is 11.7. The lowest BCUT2D eigenvalue weighted by molar-refractivity contribution is -0.455. The fourth-order valence-corrected chi connectivity index (χ4v) is 8.00. The van der Waals surface area contributed by atoms with Gasteiger partial charge in [0, 0.05) is 18.8 Å². The van der Waals surface area contributed by atoms with Gasteiger partial charge in [0.1, 0.15) is 23.2 Å². The van der Waals surface area contributed by atoms with Gasteiger partial charge >= 0.3 is 11.9 Å². The van der Waals surface area contributed by atoms with Gasteiger partial charge < -0.3 is 0 Å². The van der Waals surface area contributed by atoms with Gasteiger partial charge in [-0.3, -0.25) is 4.68 Å². The second-order valence-electron chi connectivity index (χ2n) is 10.0. The molecule has 3 amide bonds. The maximum absolute atomic E-state index is 13.7. The minimum Gasteiger partial charge on any atom is -0.268 e. The Morgan fingerprint density at radius 1 is 1.31 bits per heavy atom. The number of sulfonamides is 1. The van der Waals surface area contributed by atoms with E-state index in [1.54, 1.807) is 10.9 Å². The number of thiazole rings is 1. The van der Waals surface area contributed by atoms with E-state index in [1.807, 2.05) is 40.8 Å². The number of thioether (sulfide) groups is 1. The number of imide groups is 1. The molecule has 1 saturated carbocycles. The normalized spacial score (nSPS) is 21.4. The van der Waals surface area contributed by atoms with Gasteiger partial charge in [-0.05, 0) is 56.5 Å². The molecule has 5 rings (SSSR count). The fourth-order valence-electron chi connectivity index (χ4n) is 4.17. The average Bonchev–Trinajstić information content (AvgIpc) is 3.16. The molecule has 1 N–H and O–H groups in total. The van der Waals surface area contributed by atoms with Crippen LogP contribution in [0, 0.1) is 12.8 Å². The number of aryl methyl sites for hydroxylation is 2. The van der Waals surface area contributed by atoms with Crippen molar-refractivity contribution in [3.8, 4) is 0 Å². The number of carbonyl (C=O) groups excluding carboxylic acids is 2. The molecule has 36 heavy (non-hydrogen) atoms. The van der Waals surface area contributed by atoms with Crippen LogP contribution in [0.1, 0.15) is 60.8 Å². The molecule has 1 atom stereocenters. The van der Waals surface area contributed by atoms with E-state index in [4.69, 9.17) is 0 Å². The van der Waals surface area contributed by atoms with Gasteiger partial charge in [-0.1, -0.05) is 13.8 Å². The molecular weight excluding hydrogens is 520 g/mol. The van der Waals surface area contributed by atoms with E-state index < -0.39 is 33.4 Å². The van der Waals surface area contributed by atoms with Gasteiger partial charge in [0.2, 0.25) is 10.0 Å². The van der Waals surface area contributed by atoms with Crippen molar-refractivity contribution in [3.05, 3.63) is 43.8 Å². The van der Waals surface area contributed by atoms with E-state index in [9.17, 15) is 18.0 Å². The summed E-state index contributed by atoms with van der Waals surface area (Å²) in [5, 5.41) is 5.80. The van der Waals surface area contributed by atoms with Gasteiger partial charge in [0.25, 0.3) is 0 Å². The van der Waals surface area contributed by atoms with Gasteiger partial charge in [0.15, 0.2) is 5.04 Å². The highest BCUT2D eigenvalue weighted by Crippen LogP contribution is 2.42. The number of amides is 3. The van der Waals surface area contributed by atoms with Gasteiger partial charge in [-0.15, -0.1) is 11.3 Å². The second kappa shape index (κ2) is 8.89. The molecule has 3 aliphatic rings. The molecule has 1 fully saturated rings. The minimum atomic E-state index is -3.82. The molecule has 0 aromatic carbocycles. The van der Waals surface area contributed by atoms with Crippen molar-refractivity contribution in [1.82, 2.24) is 24.4 Å². The summed E-state index contributed by atoms with van der Waals surface area (Å²) in [6.07, 6.45) is 4.68. The molecule has 1 aliphatic carbocycles. The van der Waals surface area contributed by atoms with Crippen LogP contribution in [0.4, 0.5) is 4.79 Å². The Morgan fingerprint density at radius 2 is 2.03 bits per heavy atom. The van der Waals surface area contributed by atoms with Crippen LogP contribution >= 0.6 is 23.1 Å². The number of rotatable bonds is 8. The van der Waals surface area contributed by atoms with Crippen molar-refractivity contribution in [2.24, 2.45) is 13.0 Å². The third kappa shape index (κ3) is 4.69. The van der Waals surface area contributed by atoms with E-state index in [2.05, 4.69) is 14.8 Å². The lowest BCUT2D eigenvalue weighted by Gasteiger charge is -2.23. The van der Waals surface area contributed by atoms with E-state index >= 15 is 0 Å². The maximum Gasteiger partial charge on any atom is 0.502 e. The van der Waals surface area contributed by atoms with Crippen LogP contribution in [-0.2, 0) is 35.0 Å². The summed E-state index contributed by atoms with van der Waals surface area (Å²) >= 11 is 2.40. The molecular formula is C23H29N6O4S3+. The zero-order valence-electron chi connectivity index (χ0n) is 20.8. The molecule has 0 radical (unpaired) electrons. The maximum atomic E-state index is 13.7. The standard InChI is InChI=1S/C23H29N6O4S3/c1-13(2)18-8-15(27(5)25-18)11-29-21-17(9-19(35-21)36(32,33)26-23(4)6-7-23)20(30)28(22(29)31)12-16-10-24-14(3)34-16/h8-10,13,17,26H,6-7,11-12H2,1-5H3/q+1. The number of fused-ring (bicyclic) bond motifs is 1. The lowest BCUT2D eigenvalue weighted by atomic mass is 10.1. The van der Waals surface area contributed by atoms with Crippen molar-refractivity contribution in [2.45, 2.75) is 65.1 Å². The van der Waals surface area contributed by atoms with Crippen LogP contribution in [0.5, 0.6) is 0 Å². The molecule has 4 heterocycles. The van der Waals surface area contributed by atoms with Crippen molar-refractivity contribution in [1.29, 1.82) is 0 Å². The van der Waals surface area contributed by atoms with Crippen molar-refractivity contribution in [3.63, 3.8) is 0 Å². The Balaban J connectivity index is 1.54. The summed E-state index contributed by atoms with van der Waals surface area (Å²) in [6.45, 7) is 8.07. The zero-order chi connectivity index (χ0) is 26.0. The van der Waals surface area contributed by atoms with Gasteiger partial charge in [-0.25, -0.2) is 22.9 Å². The second-order valence-corrected chi connectivity index (χ2v) is 14.3. The average molecular weight is 550 g/mol. The Labute approximate surface area is 218 Å². The number of carbonyl (C=O) groups is 2. The number of aromatic nitrogens is 3. The summed E-state index contributed by atoms with van der Waals surface area (Å²) in [6, 6.07) is 1.47. The van der Waals surface area contributed by atoms with Crippen molar-refractivity contribution in [2.75, 3.05) is 0 Å². The molecule has 192 valence electrons. The lowest BCUT2D eigenvalue weighted by Crippen LogP contribution is -2.52. The Morgan fingerprint density at radius 3 is 2.61 bits per heavy atom. The van der Waals surface area contributed by atoms with E-state index in [0.717, 1.165) is 45.9 Å². The number of urea groups is 1. The van der Waals surface area contributed by atoms with Gasteiger partial charge in [-0.2, -0.15) is 19.4 Å². The molecule has 0 bridgehead atoms. The van der Waals surface area contributed by atoms with E-state index in [1.165, 1.54) is 26.9 Å². The molecule has 1 unspecified atom stereocenters. The number of nitrogens with zero attached hydrogens (tertiary/aromatic N) is 5. The summed E-state index contributed by atoms with van der Waals surface area (Å²) in [4.78, 5) is 33.4. The summed E-state index contributed by atoms with van der Waals surface area (Å²) in [7, 11) is -2.00. The number of nitrogens with one attached hydrogen (secondary N) is 1. The van der Waals surface area contributed by atoms with Crippen LogP contribution in [0.15, 0.2) is 22.6 Å². The number of hydrogen-bond donors (Lipinski definition) is 1. The quantitative estimate of drug-likeness (QED) is 0.503. The highest BCUT2D eigenvalue weighted by atomic mass is 32.3. The Hall–Kier alpha value is -2.35. The van der Waals surface area contributed by atoms with Gasteiger partial charge in [0.05, 0.1) is 21.3 Å². The monoisotopic (exact) mass is 549 g/mol. The minimum absolute atomic E-state index is 0.0603. The smallest absolute Gasteiger partial charge is 0.268 e. The highest BCUT2D eigenvalue weighted by molar-refractivity contribution is 8.27. The summed E-state index contributed by atoms with van der Waals surface area (Å²) < 4.78 is 32.3. The Kier molecular flexibility index (Phi) is 6.25. The third-order valence-electron chi connectivity index (χ3n) is 6.57. The molecule has 10 nitrogen and oxygen atoms in total. The molecule has 2 aromatic rings. The van der Waals surface area contributed by atoms with Crippen molar-refractivity contribution >= 4 is 50.1 Å². The molecule has 0 spiro atoms. The number of hydrogen-bond acceptors (Lipinski definition) is 8. The Bertz CT molecular complexity index is 1430. The molecule has 0 saturated heterocycles. The molecule has 13 heteroatoms.